The maximum atomic E-state index is 13.2. The molecule has 5 heteroatoms. The van der Waals surface area contributed by atoms with Crippen molar-refractivity contribution in [1.29, 1.82) is 0 Å². The highest BCUT2D eigenvalue weighted by Crippen LogP contribution is 2.30. The Morgan fingerprint density at radius 1 is 1.00 bits per heavy atom. The van der Waals surface area contributed by atoms with Gasteiger partial charge in [-0.3, -0.25) is 0 Å². The molecule has 1 unspecified atom stereocenters. The monoisotopic (exact) mass is 344 g/mol. The Labute approximate surface area is 144 Å². The van der Waals surface area contributed by atoms with Crippen LogP contribution in [0.4, 0.5) is 0 Å². The number of hydrogen-bond donors (Lipinski definition) is 0. The van der Waals surface area contributed by atoms with E-state index in [1.54, 1.807) is 16.4 Å². The summed E-state index contributed by atoms with van der Waals surface area (Å²) in [5.41, 5.74) is 2.18. The fourth-order valence-corrected chi connectivity index (χ4v) is 4.77. The highest BCUT2D eigenvalue weighted by molar-refractivity contribution is 7.89. The van der Waals surface area contributed by atoms with Crippen molar-refractivity contribution in [2.24, 2.45) is 0 Å². The SMILES string of the molecule is CCc1ccc(S(=O)(=O)N2CCN(C)CC2c2ccccc2)cc1. The molecule has 1 aliphatic rings. The molecule has 1 atom stereocenters. The van der Waals surface area contributed by atoms with Crippen molar-refractivity contribution in [2.45, 2.75) is 24.3 Å². The summed E-state index contributed by atoms with van der Waals surface area (Å²) in [4.78, 5) is 2.56. The van der Waals surface area contributed by atoms with Gasteiger partial charge in [-0.2, -0.15) is 4.31 Å². The number of piperazine rings is 1. The minimum Gasteiger partial charge on any atom is -0.303 e. The number of likely N-dealkylation sites (N-methyl/N-ethyl adjacent to an activating group) is 1. The van der Waals surface area contributed by atoms with E-state index in [1.165, 1.54) is 0 Å². The largest absolute Gasteiger partial charge is 0.303 e. The van der Waals surface area contributed by atoms with Gasteiger partial charge in [0.1, 0.15) is 0 Å². The first kappa shape index (κ1) is 17.1. The Morgan fingerprint density at radius 2 is 1.67 bits per heavy atom. The number of benzene rings is 2. The molecule has 2 aromatic carbocycles. The van der Waals surface area contributed by atoms with Gasteiger partial charge in [0.05, 0.1) is 10.9 Å². The molecule has 3 rings (SSSR count). The molecule has 0 aromatic heterocycles. The second-order valence-electron chi connectivity index (χ2n) is 6.30. The number of sulfonamides is 1. The molecular weight excluding hydrogens is 320 g/mol. The van der Waals surface area contributed by atoms with Gasteiger partial charge in [-0.15, -0.1) is 0 Å². The van der Waals surface area contributed by atoms with Gasteiger partial charge in [0.25, 0.3) is 0 Å². The average Bonchev–Trinajstić information content (AvgIpc) is 2.62. The number of aryl methyl sites for hydroxylation is 1. The van der Waals surface area contributed by atoms with Crippen LogP contribution in [-0.2, 0) is 16.4 Å². The van der Waals surface area contributed by atoms with E-state index in [4.69, 9.17) is 0 Å². The summed E-state index contributed by atoms with van der Waals surface area (Å²) in [5, 5.41) is 0. The molecule has 1 fully saturated rings. The van der Waals surface area contributed by atoms with Crippen LogP contribution in [0.5, 0.6) is 0 Å². The van der Waals surface area contributed by atoms with Crippen LogP contribution in [0.15, 0.2) is 59.5 Å². The van der Waals surface area contributed by atoms with E-state index >= 15 is 0 Å². The molecule has 128 valence electrons. The van der Waals surface area contributed by atoms with Crippen LogP contribution in [0.2, 0.25) is 0 Å². The van der Waals surface area contributed by atoms with Crippen LogP contribution in [-0.4, -0.2) is 44.3 Å². The maximum Gasteiger partial charge on any atom is 0.243 e. The second kappa shape index (κ2) is 7.05. The lowest BCUT2D eigenvalue weighted by Gasteiger charge is -2.39. The van der Waals surface area contributed by atoms with Crippen molar-refractivity contribution in [1.82, 2.24) is 9.21 Å². The standard InChI is InChI=1S/C19H24N2O2S/c1-3-16-9-11-18(12-10-16)24(22,23)21-14-13-20(2)15-19(21)17-7-5-4-6-8-17/h4-12,19H,3,13-15H2,1-2H3. The Hall–Kier alpha value is -1.69. The third kappa shape index (κ3) is 3.38. The van der Waals surface area contributed by atoms with Crippen LogP contribution in [0, 0.1) is 0 Å². The summed E-state index contributed by atoms with van der Waals surface area (Å²) in [7, 11) is -1.46. The number of hydrogen-bond acceptors (Lipinski definition) is 3. The first-order chi connectivity index (χ1) is 11.5. The molecule has 2 aromatic rings. The summed E-state index contributed by atoms with van der Waals surface area (Å²) in [6.45, 7) is 4.02. The van der Waals surface area contributed by atoms with Gasteiger partial charge in [-0.1, -0.05) is 49.4 Å². The van der Waals surface area contributed by atoms with Crippen LogP contribution >= 0.6 is 0 Å². The summed E-state index contributed by atoms with van der Waals surface area (Å²) in [5.74, 6) is 0. The highest BCUT2D eigenvalue weighted by atomic mass is 32.2. The minimum atomic E-state index is -3.50. The van der Waals surface area contributed by atoms with Gasteiger partial charge in [-0.05, 0) is 36.7 Å². The van der Waals surface area contributed by atoms with Crippen LogP contribution in [0.25, 0.3) is 0 Å². The van der Waals surface area contributed by atoms with E-state index < -0.39 is 10.0 Å². The van der Waals surface area contributed by atoms with Gasteiger partial charge in [0.15, 0.2) is 0 Å². The van der Waals surface area contributed by atoms with E-state index in [0.717, 1.165) is 24.1 Å². The normalized spacial score (nSPS) is 20.2. The molecule has 24 heavy (non-hydrogen) atoms. The van der Waals surface area contributed by atoms with Gasteiger partial charge < -0.3 is 4.90 Å². The number of rotatable bonds is 4. The quantitative estimate of drug-likeness (QED) is 0.856. The summed E-state index contributed by atoms with van der Waals surface area (Å²) in [6.07, 6.45) is 0.904. The Morgan fingerprint density at radius 3 is 2.29 bits per heavy atom. The van der Waals surface area contributed by atoms with Crippen molar-refractivity contribution in [2.75, 3.05) is 26.7 Å². The Bertz CT molecular complexity index is 773. The topological polar surface area (TPSA) is 40.6 Å². The fraction of sp³-hybridized carbons (Fsp3) is 0.368. The van der Waals surface area contributed by atoms with E-state index in [0.29, 0.717) is 18.0 Å². The van der Waals surface area contributed by atoms with Crippen molar-refractivity contribution < 1.29 is 8.42 Å². The molecule has 1 heterocycles. The lowest BCUT2D eigenvalue weighted by Crippen LogP contribution is -2.49. The zero-order chi connectivity index (χ0) is 17.2. The fourth-order valence-electron chi connectivity index (χ4n) is 3.17. The zero-order valence-electron chi connectivity index (χ0n) is 14.2. The molecular formula is C19H24N2O2S. The maximum absolute atomic E-state index is 13.2. The average molecular weight is 344 g/mol. The van der Waals surface area contributed by atoms with Crippen molar-refractivity contribution in [3.05, 3.63) is 65.7 Å². The summed E-state index contributed by atoms with van der Waals surface area (Å²) in [6, 6.07) is 17.0. The van der Waals surface area contributed by atoms with E-state index in [1.807, 2.05) is 49.5 Å². The number of nitrogens with zero attached hydrogens (tertiary/aromatic N) is 2. The van der Waals surface area contributed by atoms with Crippen molar-refractivity contribution in [3.63, 3.8) is 0 Å². The summed E-state index contributed by atoms with van der Waals surface area (Å²) < 4.78 is 28.0. The Balaban J connectivity index is 1.97. The van der Waals surface area contributed by atoms with Crippen LogP contribution in [0.1, 0.15) is 24.1 Å². The van der Waals surface area contributed by atoms with Gasteiger partial charge in [-0.25, -0.2) is 8.42 Å². The molecule has 0 aliphatic carbocycles. The van der Waals surface area contributed by atoms with Gasteiger partial charge in [0.2, 0.25) is 10.0 Å². The van der Waals surface area contributed by atoms with Crippen molar-refractivity contribution >= 4 is 10.0 Å². The molecule has 0 saturated carbocycles. The molecule has 0 N–H and O–H groups in total. The Kier molecular flexibility index (Phi) is 5.04. The molecule has 1 aliphatic heterocycles. The van der Waals surface area contributed by atoms with Crippen LogP contribution in [0.3, 0.4) is 0 Å². The van der Waals surface area contributed by atoms with Gasteiger partial charge >= 0.3 is 0 Å². The van der Waals surface area contributed by atoms with E-state index in [9.17, 15) is 8.42 Å². The third-order valence-corrected chi connectivity index (χ3v) is 6.58. The highest BCUT2D eigenvalue weighted by Gasteiger charge is 2.35. The van der Waals surface area contributed by atoms with Gasteiger partial charge in [0, 0.05) is 19.6 Å². The van der Waals surface area contributed by atoms with Crippen LogP contribution < -0.4 is 0 Å². The minimum absolute atomic E-state index is 0.152. The van der Waals surface area contributed by atoms with Crippen molar-refractivity contribution in [3.8, 4) is 0 Å². The predicted octanol–water partition coefficient (Wildman–Crippen LogP) is 2.93. The molecule has 0 amide bonds. The molecule has 1 saturated heterocycles. The molecule has 0 spiro atoms. The predicted molar refractivity (Wildman–Crippen MR) is 96.4 cm³/mol. The lowest BCUT2D eigenvalue weighted by atomic mass is 10.1. The summed E-state index contributed by atoms with van der Waals surface area (Å²) >= 11 is 0. The zero-order valence-corrected chi connectivity index (χ0v) is 15.0. The van der Waals surface area contributed by atoms with E-state index in [2.05, 4.69) is 11.8 Å². The first-order valence-corrected chi connectivity index (χ1v) is 9.80. The first-order valence-electron chi connectivity index (χ1n) is 8.36. The molecule has 0 bridgehead atoms. The molecule has 4 nitrogen and oxygen atoms in total. The van der Waals surface area contributed by atoms with E-state index in [-0.39, 0.29) is 6.04 Å². The molecule has 0 radical (unpaired) electrons. The third-order valence-electron chi connectivity index (χ3n) is 4.66. The smallest absolute Gasteiger partial charge is 0.243 e. The second-order valence-corrected chi connectivity index (χ2v) is 8.19. The lowest BCUT2D eigenvalue weighted by molar-refractivity contribution is 0.160.